The van der Waals surface area contributed by atoms with Crippen molar-refractivity contribution in [2.45, 2.75) is 12.5 Å². The Morgan fingerprint density at radius 3 is 2.78 bits per heavy atom. The van der Waals surface area contributed by atoms with Gasteiger partial charge in [-0.25, -0.2) is 9.97 Å². The van der Waals surface area contributed by atoms with E-state index in [4.69, 9.17) is 27.9 Å². The number of aliphatic imine (C=N–C) groups is 1. The molecule has 144 valence electrons. The van der Waals surface area contributed by atoms with Gasteiger partial charge in [0.25, 0.3) is 0 Å². The van der Waals surface area contributed by atoms with Gasteiger partial charge in [0.2, 0.25) is 5.88 Å². The molecule has 0 spiro atoms. The maximum atomic E-state index is 6.24. The van der Waals surface area contributed by atoms with E-state index in [1.807, 2.05) is 12.1 Å². The Morgan fingerprint density at radius 1 is 1.26 bits per heavy atom. The monoisotopic (exact) mass is 408 g/mol. The molecule has 1 fully saturated rings. The van der Waals surface area contributed by atoms with E-state index < -0.39 is 0 Å². The van der Waals surface area contributed by atoms with Gasteiger partial charge in [0.15, 0.2) is 5.96 Å². The standard InChI is InChI=1S/C18H22Cl2N6O/c1-21-18(24-9-11-27-17-15(20)5-3-8-23-17)25-13-6-10-26(12-13)16-14(19)4-2-7-22-16/h2-5,7-8,13H,6,9-12H2,1H3,(H2,21,24,25). The van der Waals surface area contributed by atoms with Gasteiger partial charge in [-0.2, -0.15) is 0 Å². The number of aromatic nitrogens is 2. The van der Waals surface area contributed by atoms with E-state index >= 15 is 0 Å². The lowest BCUT2D eigenvalue weighted by Gasteiger charge is -2.20. The Labute approximate surface area is 168 Å². The van der Waals surface area contributed by atoms with Gasteiger partial charge < -0.3 is 20.3 Å². The van der Waals surface area contributed by atoms with Crippen molar-refractivity contribution in [1.29, 1.82) is 0 Å². The fourth-order valence-corrected chi connectivity index (χ4v) is 3.28. The molecule has 0 saturated carbocycles. The van der Waals surface area contributed by atoms with Crippen LogP contribution < -0.4 is 20.3 Å². The molecule has 0 aromatic carbocycles. The van der Waals surface area contributed by atoms with Crippen LogP contribution in [0.2, 0.25) is 10.0 Å². The second kappa shape index (κ2) is 9.62. The van der Waals surface area contributed by atoms with E-state index in [9.17, 15) is 0 Å². The Balaban J connectivity index is 1.43. The molecule has 2 N–H and O–H groups in total. The van der Waals surface area contributed by atoms with E-state index in [0.717, 1.165) is 31.3 Å². The number of guanidine groups is 1. The van der Waals surface area contributed by atoms with Crippen LogP contribution in [-0.4, -0.2) is 55.3 Å². The predicted octanol–water partition coefficient (Wildman–Crippen LogP) is 2.61. The number of pyridine rings is 2. The summed E-state index contributed by atoms with van der Waals surface area (Å²) in [5.74, 6) is 1.99. The van der Waals surface area contributed by atoms with Gasteiger partial charge in [-0.3, -0.25) is 4.99 Å². The van der Waals surface area contributed by atoms with Crippen LogP contribution in [0.5, 0.6) is 5.88 Å². The van der Waals surface area contributed by atoms with Gasteiger partial charge in [0, 0.05) is 38.6 Å². The molecule has 27 heavy (non-hydrogen) atoms. The molecule has 1 saturated heterocycles. The highest BCUT2D eigenvalue weighted by Crippen LogP contribution is 2.25. The van der Waals surface area contributed by atoms with Crippen LogP contribution in [-0.2, 0) is 0 Å². The molecule has 2 aromatic rings. The smallest absolute Gasteiger partial charge is 0.232 e. The summed E-state index contributed by atoms with van der Waals surface area (Å²) in [5.41, 5.74) is 0. The molecule has 0 bridgehead atoms. The zero-order valence-electron chi connectivity index (χ0n) is 15.0. The molecule has 1 aliphatic heterocycles. The molecule has 7 nitrogen and oxygen atoms in total. The largest absolute Gasteiger partial charge is 0.475 e. The van der Waals surface area contributed by atoms with Crippen molar-refractivity contribution >= 4 is 35.0 Å². The Bertz CT molecular complexity index is 788. The fourth-order valence-electron chi connectivity index (χ4n) is 2.86. The molecule has 9 heteroatoms. The molecule has 1 aliphatic rings. The van der Waals surface area contributed by atoms with Crippen molar-refractivity contribution in [2.24, 2.45) is 4.99 Å². The van der Waals surface area contributed by atoms with Gasteiger partial charge >= 0.3 is 0 Å². The Hall–Kier alpha value is -2.25. The molecular weight excluding hydrogens is 387 g/mol. The molecule has 1 atom stereocenters. The fraction of sp³-hybridized carbons (Fsp3) is 0.389. The number of nitrogens with zero attached hydrogens (tertiary/aromatic N) is 4. The summed E-state index contributed by atoms with van der Waals surface area (Å²) >= 11 is 12.3. The van der Waals surface area contributed by atoms with Crippen molar-refractivity contribution in [2.75, 3.05) is 38.2 Å². The Morgan fingerprint density at radius 2 is 2.04 bits per heavy atom. The summed E-state index contributed by atoms with van der Waals surface area (Å²) in [7, 11) is 1.74. The highest BCUT2D eigenvalue weighted by Gasteiger charge is 2.25. The second-order valence-electron chi connectivity index (χ2n) is 6.02. The molecule has 2 aromatic heterocycles. The van der Waals surface area contributed by atoms with E-state index in [-0.39, 0.29) is 6.04 Å². The third-order valence-electron chi connectivity index (χ3n) is 4.15. The van der Waals surface area contributed by atoms with Gasteiger partial charge in [-0.05, 0) is 30.7 Å². The summed E-state index contributed by atoms with van der Waals surface area (Å²) in [6, 6.07) is 7.47. The van der Waals surface area contributed by atoms with Crippen LogP contribution in [0.4, 0.5) is 5.82 Å². The van der Waals surface area contributed by atoms with Crippen molar-refractivity contribution in [3.8, 4) is 5.88 Å². The first-order valence-corrected chi connectivity index (χ1v) is 9.49. The van der Waals surface area contributed by atoms with E-state index in [2.05, 4.69) is 30.5 Å². The van der Waals surface area contributed by atoms with Crippen molar-refractivity contribution in [3.63, 3.8) is 0 Å². The first-order chi connectivity index (χ1) is 13.2. The van der Waals surface area contributed by atoms with Gasteiger partial charge in [0.1, 0.15) is 17.4 Å². The molecular formula is C18H22Cl2N6O. The first kappa shape index (κ1) is 19.5. The summed E-state index contributed by atoms with van der Waals surface area (Å²) in [4.78, 5) is 14.9. The lowest BCUT2D eigenvalue weighted by atomic mass is 10.3. The molecule has 0 aliphatic carbocycles. The third-order valence-corrected chi connectivity index (χ3v) is 4.73. The lowest BCUT2D eigenvalue weighted by Crippen LogP contribution is -2.45. The average molecular weight is 409 g/mol. The molecule has 3 heterocycles. The number of hydrogen-bond donors (Lipinski definition) is 2. The number of hydrogen-bond acceptors (Lipinski definition) is 5. The normalized spacial score (nSPS) is 17.1. The maximum absolute atomic E-state index is 6.24. The maximum Gasteiger partial charge on any atom is 0.232 e. The third kappa shape index (κ3) is 5.37. The topological polar surface area (TPSA) is 74.7 Å². The molecule has 1 unspecified atom stereocenters. The number of halogens is 2. The van der Waals surface area contributed by atoms with Crippen LogP contribution in [0.3, 0.4) is 0 Å². The highest BCUT2D eigenvalue weighted by atomic mass is 35.5. The van der Waals surface area contributed by atoms with E-state index in [1.54, 1.807) is 31.6 Å². The van der Waals surface area contributed by atoms with E-state index in [1.165, 1.54) is 0 Å². The van der Waals surface area contributed by atoms with Crippen molar-refractivity contribution in [3.05, 3.63) is 46.7 Å². The summed E-state index contributed by atoms with van der Waals surface area (Å²) in [6.45, 7) is 2.72. The average Bonchev–Trinajstić information content (AvgIpc) is 3.14. The van der Waals surface area contributed by atoms with Crippen LogP contribution in [0.1, 0.15) is 6.42 Å². The Kier molecular flexibility index (Phi) is 6.95. The van der Waals surface area contributed by atoms with Gasteiger partial charge in [0.05, 0.1) is 11.6 Å². The first-order valence-electron chi connectivity index (χ1n) is 8.73. The van der Waals surface area contributed by atoms with Crippen LogP contribution in [0.25, 0.3) is 0 Å². The SMILES string of the molecule is CN=C(NCCOc1ncccc1Cl)NC1CCN(c2ncccc2Cl)C1. The van der Waals surface area contributed by atoms with Gasteiger partial charge in [-0.15, -0.1) is 0 Å². The van der Waals surface area contributed by atoms with Crippen LogP contribution >= 0.6 is 23.2 Å². The number of ether oxygens (including phenoxy) is 1. The van der Waals surface area contributed by atoms with Gasteiger partial charge in [-0.1, -0.05) is 23.2 Å². The minimum atomic E-state index is 0.264. The predicted molar refractivity (Wildman–Crippen MR) is 109 cm³/mol. The van der Waals surface area contributed by atoms with Crippen LogP contribution in [0.15, 0.2) is 41.7 Å². The summed E-state index contributed by atoms with van der Waals surface area (Å²) in [5, 5.41) is 7.83. The second-order valence-corrected chi connectivity index (χ2v) is 6.84. The number of rotatable bonds is 6. The summed E-state index contributed by atoms with van der Waals surface area (Å²) in [6.07, 6.45) is 4.39. The molecule has 0 radical (unpaired) electrons. The summed E-state index contributed by atoms with van der Waals surface area (Å²) < 4.78 is 5.57. The van der Waals surface area contributed by atoms with Crippen molar-refractivity contribution < 1.29 is 4.74 Å². The minimum absolute atomic E-state index is 0.264. The zero-order valence-corrected chi connectivity index (χ0v) is 16.5. The van der Waals surface area contributed by atoms with Crippen molar-refractivity contribution in [1.82, 2.24) is 20.6 Å². The number of anilines is 1. The molecule has 3 rings (SSSR count). The lowest BCUT2D eigenvalue weighted by molar-refractivity contribution is 0.310. The van der Waals surface area contributed by atoms with Crippen LogP contribution in [0, 0.1) is 0 Å². The molecule has 0 amide bonds. The quantitative estimate of drug-likeness (QED) is 0.434. The zero-order chi connectivity index (χ0) is 19.1. The number of nitrogens with one attached hydrogen (secondary N) is 2. The van der Waals surface area contributed by atoms with E-state index in [0.29, 0.717) is 29.1 Å². The minimum Gasteiger partial charge on any atom is -0.475 e. The highest BCUT2D eigenvalue weighted by molar-refractivity contribution is 6.33.